The molecular formula is C34H40F6O3. The number of rotatable bonds is 9. The zero-order valence-electron chi connectivity index (χ0n) is 24.5. The lowest BCUT2D eigenvalue weighted by atomic mass is 9.68. The fourth-order valence-corrected chi connectivity index (χ4v) is 7.01. The monoisotopic (exact) mass is 610 g/mol. The van der Waals surface area contributed by atoms with Crippen LogP contribution in [0, 0.1) is 35.3 Å². The molecule has 0 spiro atoms. The van der Waals surface area contributed by atoms with Crippen molar-refractivity contribution >= 4 is 0 Å². The molecule has 5 rings (SSSR count). The summed E-state index contributed by atoms with van der Waals surface area (Å²) in [5, 5.41) is 0. The van der Waals surface area contributed by atoms with Gasteiger partial charge in [-0.3, -0.25) is 0 Å². The maximum absolute atomic E-state index is 15.1. The number of hydrogen-bond acceptors (Lipinski definition) is 3. The minimum atomic E-state index is -3.44. The molecule has 236 valence electrons. The van der Waals surface area contributed by atoms with Crippen LogP contribution < -0.4 is 4.74 Å². The first-order chi connectivity index (χ1) is 20.6. The van der Waals surface area contributed by atoms with Gasteiger partial charge in [0.05, 0.1) is 19.1 Å². The third kappa shape index (κ3) is 8.15. The van der Waals surface area contributed by atoms with Crippen molar-refractivity contribution < 1.29 is 40.6 Å². The number of aryl methyl sites for hydroxylation is 1. The van der Waals surface area contributed by atoms with E-state index in [1.165, 1.54) is 18.2 Å². The van der Waals surface area contributed by atoms with Crippen molar-refractivity contribution in [2.24, 2.45) is 23.7 Å². The van der Waals surface area contributed by atoms with Gasteiger partial charge < -0.3 is 14.2 Å². The molecule has 1 aliphatic heterocycles. The van der Waals surface area contributed by atoms with Crippen molar-refractivity contribution in [2.45, 2.75) is 89.4 Å². The molecular weight excluding hydrogens is 570 g/mol. The third-order valence-corrected chi connectivity index (χ3v) is 9.48. The Morgan fingerprint density at radius 2 is 1.51 bits per heavy atom. The summed E-state index contributed by atoms with van der Waals surface area (Å²) in [7, 11) is 0. The molecule has 0 amide bonds. The number of alkyl halides is 2. The van der Waals surface area contributed by atoms with Crippen LogP contribution in [0.4, 0.5) is 26.3 Å². The molecule has 2 aromatic rings. The summed E-state index contributed by atoms with van der Waals surface area (Å²) in [4.78, 5) is 0. The van der Waals surface area contributed by atoms with Gasteiger partial charge in [-0.25, -0.2) is 8.78 Å². The summed E-state index contributed by atoms with van der Waals surface area (Å²) in [6.07, 6.45) is 0.503. The first-order valence-corrected chi connectivity index (χ1v) is 15.5. The zero-order chi connectivity index (χ0) is 30.6. The molecule has 0 unspecified atom stereocenters. The van der Waals surface area contributed by atoms with Crippen LogP contribution in [0.25, 0.3) is 0 Å². The Bertz CT molecular complexity index is 1240. The van der Waals surface area contributed by atoms with Crippen LogP contribution in [-0.4, -0.2) is 19.3 Å². The highest BCUT2D eigenvalue weighted by molar-refractivity contribution is 5.30. The lowest BCUT2D eigenvalue weighted by Crippen LogP contribution is -2.38. The van der Waals surface area contributed by atoms with E-state index in [1.54, 1.807) is 0 Å². The summed E-state index contributed by atoms with van der Waals surface area (Å²) in [5.41, 5.74) is 1.59. The highest BCUT2D eigenvalue weighted by Gasteiger charge is 2.45. The van der Waals surface area contributed by atoms with Gasteiger partial charge in [0.2, 0.25) is 0 Å². The van der Waals surface area contributed by atoms with Gasteiger partial charge in [0.25, 0.3) is 6.08 Å². The molecule has 0 bridgehead atoms. The maximum Gasteiger partial charge on any atom is 0.400 e. The van der Waals surface area contributed by atoms with Gasteiger partial charge in [0.15, 0.2) is 6.29 Å². The maximum atomic E-state index is 15.1. The van der Waals surface area contributed by atoms with Gasteiger partial charge in [0.1, 0.15) is 17.4 Å². The molecule has 2 saturated carbocycles. The van der Waals surface area contributed by atoms with Crippen LogP contribution in [0.1, 0.15) is 93.6 Å². The van der Waals surface area contributed by atoms with Crippen LogP contribution in [0.2, 0.25) is 0 Å². The molecule has 0 radical (unpaired) electrons. The number of benzene rings is 2. The van der Waals surface area contributed by atoms with Crippen LogP contribution in [0.3, 0.4) is 0 Å². The molecule has 2 aromatic carbocycles. The molecule has 9 heteroatoms. The van der Waals surface area contributed by atoms with E-state index >= 15 is 13.2 Å². The lowest BCUT2D eigenvalue weighted by molar-refractivity contribution is -0.224. The average Bonchev–Trinajstić information content (AvgIpc) is 2.98. The second kappa shape index (κ2) is 14.1. The summed E-state index contributed by atoms with van der Waals surface area (Å²) in [5.74, 6) is -0.969. The number of hydrogen-bond donors (Lipinski definition) is 0. The highest BCUT2D eigenvalue weighted by atomic mass is 19.3. The summed E-state index contributed by atoms with van der Waals surface area (Å²) < 4.78 is 100. The third-order valence-electron chi connectivity index (χ3n) is 9.48. The quantitative estimate of drug-likeness (QED) is 0.265. The van der Waals surface area contributed by atoms with E-state index in [-0.39, 0.29) is 35.9 Å². The Labute approximate surface area is 249 Å². The van der Waals surface area contributed by atoms with Gasteiger partial charge in [-0.15, -0.1) is 0 Å². The SMILES string of the molecule is CC1COC(c2ccc(C3CCC(C4CCC(C(F)(F)Oc5ccc(CCC=C(F)F)c(F)c5)CC4)CC3)c(F)c2)OC1. The Morgan fingerprint density at radius 1 is 0.860 bits per heavy atom. The molecule has 2 aliphatic carbocycles. The molecule has 0 aromatic heterocycles. The minimum Gasteiger partial charge on any atom is -0.432 e. The summed E-state index contributed by atoms with van der Waals surface area (Å²) in [6.45, 7) is 3.22. The first kappa shape index (κ1) is 31.9. The Hall–Kier alpha value is -2.52. The van der Waals surface area contributed by atoms with Crippen LogP contribution in [0.15, 0.2) is 48.6 Å². The minimum absolute atomic E-state index is 0.0394. The Morgan fingerprint density at radius 3 is 2.12 bits per heavy atom. The van der Waals surface area contributed by atoms with Crippen molar-refractivity contribution in [3.63, 3.8) is 0 Å². The van der Waals surface area contributed by atoms with Gasteiger partial charge in [0, 0.05) is 17.5 Å². The zero-order valence-corrected chi connectivity index (χ0v) is 24.5. The van der Waals surface area contributed by atoms with Gasteiger partial charge in [-0.05, 0) is 111 Å². The second-order valence-electron chi connectivity index (χ2n) is 12.6. The Balaban J connectivity index is 1.08. The highest BCUT2D eigenvalue weighted by Crippen LogP contribution is 2.47. The van der Waals surface area contributed by atoms with E-state index < -0.39 is 30.2 Å². The number of allylic oxidation sites excluding steroid dienone is 1. The number of halogens is 6. The fraction of sp³-hybridized carbons (Fsp3) is 0.588. The Kier molecular flexibility index (Phi) is 10.4. The molecule has 0 atom stereocenters. The second-order valence-corrected chi connectivity index (χ2v) is 12.6. The predicted molar refractivity (Wildman–Crippen MR) is 151 cm³/mol. The van der Waals surface area contributed by atoms with E-state index in [1.807, 2.05) is 19.1 Å². The molecule has 43 heavy (non-hydrogen) atoms. The van der Waals surface area contributed by atoms with Crippen molar-refractivity contribution in [2.75, 3.05) is 13.2 Å². The first-order valence-electron chi connectivity index (χ1n) is 15.5. The van der Waals surface area contributed by atoms with Gasteiger partial charge in [-0.1, -0.05) is 25.1 Å². The van der Waals surface area contributed by atoms with Crippen LogP contribution >= 0.6 is 0 Å². The molecule has 0 N–H and O–H groups in total. The lowest BCUT2D eigenvalue weighted by Gasteiger charge is -2.39. The number of ether oxygens (including phenoxy) is 3. The van der Waals surface area contributed by atoms with Gasteiger partial charge >= 0.3 is 6.11 Å². The topological polar surface area (TPSA) is 27.7 Å². The van der Waals surface area contributed by atoms with Crippen molar-refractivity contribution in [3.8, 4) is 5.75 Å². The average molecular weight is 611 g/mol. The van der Waals surface area contributed by atoms with Crippen molar-refractivity contribution in [1.29, 1.82) is 0 Å². The molecule has 3 nitrogen and oxygen atoms in total. The largest absolute Gasteiger partial charge is 0.432 e. The molecule has 3 aliphatic rings. The van der Waals surface area contributed by atoms with E-state index in [9.17, 15) is 13.2 Å². The molecule has 1 saturated heterocycles. The summed E-state index contributed by atoms with van der Waals surface area (Å²) >= 11 is 0. The van der Waals surface area contributed by atoms with Crippen molar-refractivity contribution in [3.05, 3.63) is 76.9 Å². The molecule has 3 fully saturated rings. The van der Waals surface area contributed by atoms with Crippen LogP contribution in [0.5, 0.6) is 5.75 Å². The summed E-state index contributed by atoms with van der Waals surface area (Å²) in [6, 6.07) is 8.75. The van der Waals surface area contributed by atoms with Gasteiger partial charge in [-0.2, -0.15) is 17.6 Å². The van der Waals surface area contributed by atoms with Crippen LogP contribution in [-0.2, 0) is 15.9 Å². The standard InChI is InChI=1S/C34H40F6O3/c1-21-19-41-33(42-20-21)26-12-16-29(31(36)17-26)24-7-5-22(6-8-24)23-9-13-27(14-10-23)34(39,40)43-28-15-11-25(30(35)18-28)3-2-4-32(37)38/h4,11-12,15-18,21-24,27,33H,2-3,5-10,13-14,19-20H2,1H3. The van der Waals surface area contributed by atoms with E-state index in [2.05, 4.69) is 0 Å². The fourth-order valence-electron chi connectivity index (χ4n) is 7.01. The van der Waals surface area contributed by atoms with Crippen molar-refractivity contribution in [1.82, 2.24) is 0 Å². The smallest absolute Gasteiger partial charge is 0.400 e. The van der Waals surface area contributed by atoms with E-state index in [0.717, 1.165) is 37.3 Å². The molecule has 1 heterocycles. The normalized spacial score (nSPS) is 28.3. The van der Waals surface area contributed by atoms with E-state index in [4.69, 9.17) is 14.2 Å². The predicted octanol–water partition coefficient (Wildman–Crippen LogP) is 10.1. The van der Waals surface area contributed by atoms with E-state index in [0.29, 0.717) is 68.3 Å².